The highest BCUT2D eigenvalue weighted by atomic mass is 35.5. The summed E-state index contributed by atoms with van der Waals surface area (Å²) in [5, 5.41) is 0.605. The fourth-order valence-corrected chi connectivity index (χ4v) is 3.20. The van der Waals surface area contributed by atoms with Crippen molar-refractivity contribution in [2.75, 3.05) is 11.8 Å². The van der Waals surface area contributed by atoms with Crippen molar-refractivity contribution in [2.45, 2.75) is 11.8 Å². The molecule has 0 radical (unpaired) electrons. The van der Waals surface area contributed by atoms with Crippen LogP contribution in [0.4, 0.5) is 8.78 Å². The topological polar surface area (TPSA) is 0 Å². The van der Waals surface area contributed by atoms with Crippen molar-refractivity contribution in [2.24, 2.45) is 0 Å². The summed E-state index contributed by atoms with van der Waals surface area (Å²) in [6.07, 6.45) is 0.344. The maximum Gasteiger partial charge on any atom is 0.126 e. The molecule has 0 aliphatic rings. The van der Waals surface area contributed by atoms with E-state index in [0.717, 1.165) is 11.6 Å². The van der Waals surface area contributed by atoms with Gasteiger partial charge in [-0.2, -0.15) is 0 Å². The molecule has 0 N–H and O–H groups in total. The molecule has 2 aromatic rings. The lowest BCUT2D eigenvalue weighted by Crippen LogP contribution is -2.33. The minimum atomic E-state index is -0.612. The molecule has 0 heterocycles. The van der Waals surface area contributed by atoms with E-state index in [4.69, 9.17) is 34.8 Å². The molecule has 5 heteroatoms. The second-order valence-electron chi connectivity index (χ2n) is 5.01. The van der Waals surface area contributed by atoms with E-state index in [-0.39, 0.29) is 11.8 Å². The van der Waals surface area contributed by atoms with E-state index in [2.05, 4.69) is 0 Å². The van der Waals surface area contributed by atoms with Gasteiger partial charge in [0.15, 0.2) is 0 Å². The van der Waals surface area contributed by atoms with E-state index in [0.29, 0.717) is 17.0 Å². The molecular weight excluding hydrogens is 337 g/mol. The van der Waals surface area contributed by atoms with Gasteiger partial charge in [-0.25, -0.2) is 8.78 Å². The van der Waals surface area contributed by atoms with Crippen molar-refractivity contribution < 1.29 is 8.78 Å². The molecule has 0 aliphatic carbocycles. The molecule has 0 saturated carbocycles. The number of rotatable bonds is 5. The molecule has 2 aromatic carbocycles. The van der Waals surface area contributed by atoms with Crippen LogP contribution in [0.2, 0.25) is 5.02 Å². The summed E-state index contributed by atoms with van der Waals surface area (Å²) in [5.74, 6) is -0.759. The molecule has 0 aromatic heterocycles. The molecule has 0 nitrogen and oxygen atoms in total. The van der Waals surface area contributed by atoms with Crippen molar-refractivity contribution in [3.05, 3.63) is 70.2 Å². The number of hydrogen-bond acceptors (Lipinski definition) is 0. The second kappa shape index (κ2) is 6.95. The monoisotopic (exact) mass is 348 g/mol. The molecule has 0 spiro atoms. The van der Waals surface area contributed by atoms with E-state index in [1.807, 2.05) is 12.1 Å². The lowest BCUT2D eigenvalue weighted by Gasteiger charge is -2.30. The number of hydrogen-bond donors (Lipinski definition) is 0. The average molecular weight is 350 g/mol. The molecule has 0 atom stereocenters. The SMILES string of the molecule is Fc1cc(F)cc(CC(CCl)(CCl)c2ccc(Cl)cc2)c1. The zero-order chi connectivity index (χ0) is 15.5. The van der Waals surface area contributed by atoms with Gasteiger partial charge in [-0.3, -0.25) is 0 Å². The highest BCUT2D eigenvalue weighted by Crippen LogP contribution is 2.33. The predicted octanol–water partition coefficient (Wildman–Crippen LogP) is 5.58. The van der Waals surface area contributed by atoms with Crippen LogP contribution in [-0.2, 0) is 11.8 Å². The minimum Gasteiger partial charge on any atom is -0.207 e. The lowest BCUT2D eigenvalue weighted by molar-refractivity contribution is 0.525. The Balaban J connectivity index is 2.40. The smallest absolute Gasteiger partial charge is 0.126 e. The molecule has 0 bridgehead atoms. The van der Waals surface area contributed by atoms with Crippen LogP contribution in [0.15, 0.2) is 42.5 Å². The number of halogens is 5. The zero-order valence-electron chi connectivity index (χ0n) is 11.1. The summed E-state index contributed by atoms with van der Waals surface area (Å²) in [4.78, 5) is 0. The Morgan fingerprint density at radius 1 is 0.857 bits per heavy atom. The molecule has 0 aliphatic heterocycles. The Labute approximate surface area is 137 Å². The van der Waals surface area contributed by atoms with Crippen LogP contribution < -0.4 is 0 Å². The van der Waals surface area contributed by atoms with Crippen LogP contribution in [-0.4, -0.2) is 11.8 Å². The summed E-state index contributed by atoms with van der Waals surface area (Å²) < 4.78 is 26.7. The highest BCUT2D eigenvalue weighted by Gasteiger charge is 2.31. The highest BCUT2D eigenvalue weighted by molar-refractivity contribution is 6.30. The van der Waals surface area contributed by atoms with Gasteiger partial charge in [0.2, 0.25) is 0 Å². The van der Waals surface area contributed by atoms with Crippen molar-refractivity contribution >= 4 is 34.8 Å². The summed E-state index contributed by atoms with van der Waals surface area (Å²) >= 11 is 18.1. The van der Waals surface area contributed by atoms with Crippen LogP contribution in [0.5, 0.6) is 0 Å². The first kappa shape index (κ1) is 16.5. The summed E-state index contributed by atoms with van der Waals surface area (Å²) in [6, 6.07) is 10.6. The van der Waals surface area contributed by atoms with Gasteiger partial charge in [-0.05, 0) is 41.8 Å². The standard InChI is InChI=1S/C16H13Cl3F2/c17-9-16(10-18,12-1-3-13(19)4-2-12)8-11-5-14(20)7-15(21)6-11/h1-7H,8-10H2. The van der Waals surface area contributed by atoms with Crippen LogP contribution in [0, 0.1) is 11.6 Å². The molecule has 0 saturated heterocycles. The Bertz CT molecular complexity index is 587. The second-order valence-corrected chi connectivity index (χ2v) is 5.98. The van der Waals surface area contributed by atoms with Gasteiger partial charge in [-0.15, -0.1) is 23.2 Å². The number of alkyl halides is 2. The van der Waals surface area contributed by atoms with Gasteiger partial charge in [0.25, 0.3) is 0 Å². The van der Waals surface area contributed by atoms with Gasteiger partial charge < -0.3 is 0 Å². The Morgan fingerprint density at radius 3 is 1.86 bits per heavy atom. The maximum absolute atomic E-state index is 13.3. The molecule has 0 unspecified atom stereocenters. The number of benzene rings is 2. The largest absolute Gasteiger partial charge is 0.207 e. The Hall–Kier alpha value is -0.830. The Morgan fingerprint density at radius 2 is 1.38 bits per heavy atom. The molecule has 0 amide bonds. The third-order valence-corrected chi connectivity index (χ3v) is 4.71. The maximum atomic E-state index is 13.3. The van der Waals surface area contributed by atoms with Gasteiger partial charge in [0.1, 0.15) is 11.6 Å². The van der Waals surface area contributed by atoms with E-state index in [1.165, 1.54) is 12.1 Å². The van der Waals surface area contributed by atoms with E-state index in [9.17, 15) is 8.78 Å². The fraction of sp³-hybridized carbons (Fsp3) is 0.250. The first-order chi connectivity index (χ1) is 9.99. The summed E-state index contributed by atoms with van der Waals surface area (Å²) in [7, 11) is 0. The average Bonchev–Trinajstić information content (AvgIpc) is 2.45. The third kappa shape index (κ3) is 3.88. The molecule has 112 valence electrons. The van der Waals surface area contributed by atoms with Crippen LogP contribution in [0.1, 0.15) is 11.1 Å². The molecule has 2 rings (SSSR count). The predicted molar refractivity (Wildman–Crippen MR) is 84.6 cm³/mol. The summed E-state index contributed by atoms with van der Waals surface area (Å²) in [5.41, 5.74) is 0.804. The van der Waals surface area contributed by atoms with Gasteiger partial charge in [0.05, 0.1) is 0 Å². The van der Waals surface area contributed by atoms with Crippen LogP contribution >= 0.6 is 34.8 Å². The van der Waals surface area contributed by atoms with Crippen LogP contribution in [0.3, 0.4) is 0 Å². The van der Waals surface area contributed by atoms with E-state index < -0.39 is 17.0 Å². The van der Waals surface area contributed by atoms with Gasteiger partial charge in [0, 0.05) is 28.3 Å². The minimum absolute atomic E-state index is 0.232. The van der Waals surface area contributed by atoms with Gasteiger partial charge in [-0.1, -0.05) is 23.7 Å². The zero-order valence-corrected chi connectivity index (χ0v) is 13.3. The normalized spacial score (nSPS) is 11.7. The van der Waals surface area contributed by atoms with Gasteiger partial charge >= 0.3 is 0 Å². The first-order valence-corrected chi connectivity index (χ1v) is 7.77. The van der Waals surface area contributed by atoms with Crippen molar-refractivity contribution in [3.63, 3.8) is 0 Å². The molecule has 0 fully saturated rings. The molecule has 21 heavy (non-hydrogen) atoms. The molecular formula is C16H13Cl3F2. The van der Waals surface area contributed by atoms with E-state index in [1.54, 1.807) is 12.1 Å². The Kier molecular flexibility index (Phi) is 5.48. The quantitative estimate of drug-likeness (QED) is 0.618. The fourth-order valence-electron chi connectivity index (χ4n) is 2.29. The first-order valence-electron chi connectivity index (χ1n) is 6.32. The van der Waals surface area contributed by atoms with Crippen molar-refractivity contribution in [3.8, 4) is 0 Å². The summed E-state index contributed by atoms with van der Waals surface area (Å²) in [6.45, 7) is 0. The van der Waals surface area contributed by atoms with Crippen molar-refractivity contribution in [1.29, 1.82) is 0 Å². The van der Waals surface area contributed by atoms with E-state index >= 15 is 0 Å². The lowest BCUT2D eigenvalue weighted by atomic mass is 9.78. The van der Waals surface area contributed by atoms with Crippen molar-refractivity contribution in [1.82, 2.24) is 0 Å². The van der Waals surface area contributed by atoms with Crippen LogP contribution in [0.25, 0.3) is 0 Å². The third-order valence-electron chi connectivity index (χ3n) is 3.43.